The molecule has 2 aromatic rings. The van der Waals surface area contributed by atoms with Gasteiger partial charge in [-0.25, -0.2) is 4.99 Å². The van der Waals surface area contributed by atoms with Gasteiger partial charge in [-0.3, -0.25) is 0 Å². The summed E-state index contributed by atoms with van der Waals surface area (Å²) in [5.41, 5.74) is 8.09. The van der Waals surface area contributed by atoms with Crippen LogP contribution in [0.2, 0.25) is 0 Å². The van der Waals surface area contributed by atoms with Crippen molar-refractivity contribution >= 4 is 17.6 Å². The fourth-order valence-electron chi connectivity index (χ4n) is 4.34. The van der Waals surface area contributed by atoms with E-state index in [1.54, 1.807) is 0 Å². The number of fused-ring (bicyclic) bond motifs is 1. The summed E-state index contributed by atoms with van der Waals surface area (Å²) in [5.74, 6) is 0.788. The molecule has 0 radical (unpaired) electrons. The molecule has 0 aromatic heterocycles. The maximum atomic E-state index is 4.67. The maximum Gasteiger partial charge on any atom is 0.0959 e. The molecule has 0 atom stereocenters. The highest BCUT2D eigenvalue weighted by Gasteiger charge is 2.21. The standard InChI is InChI=1S/C28H38N4.C2H6/c1-7-9-21(10-8-2)17-22-11-14-24(15-12-22)31-20(3)27-25-18-23(13-16-26(25)32-27)28(4,5)19-30-29-6;1-2/h11-16,18-19,21,29,31H,3,7-10,17H2,1-2,4-6H3;1-2H3/b30-19-;. The molecule has 0 bridgehead atoms. The van der Waals surface area contributed by atoms with Crippen molar-refractivity contribution in [2.75, 3.05) is 12.4 Å². The average molecular weight is 461 g/mol. The van der Waals surface area contributed by atoms with Gasteiger partial charge in [-0.15, -0.1) is 0 Å². The van der Waals surface area contributed by atoms with Crippen LogP contribution in [0.3, 0.4) is 0 Å². The van der Waals surface area contributed by atoms with Crippen molar-refractivity contribution in [3.8, 4) is 0 Å². The second-order valence-corrected chi connectivity index (χ2v) is 9.34. The molecule has 0 aliphatic carbocycles. The normalized spacial score (nSPS) is 12.4. The zero-order valence-corrected chi connectivity index (χ0v) is 22.3. The van der Waals surface area contributed by atoms with Gasteiger partial charge in [0, 0.05) is 29.6 Å². The van der Waals surface area contributed by atoms with Crippen LogP contribution < -0.4 is 21.3 Å². The lowest BCUT2D eigenvalue weighted by Crippen LogP contribution is -2.38. The molecule has 0 saturated carbocycles. The summed E-state index contributed by atoms with van der Waals surface area (Å²) in [4.78, 5) is 4.67. The Morgan fingerprint density at radius 1 is 1.06 bits per heavy atom. The quantitative estimate of drug-likeness (QED) is 0.287. The van der Waals surface area contributed by atoms with E-state index in [9.17, 15) is 0 Å². The lowest BCUT2D eigenvalue weighted by molar-refractivity contribution is 0.438. The van der Waals surface area contributed by atoms with E-state index in [1.165, 1.54) is 43.2 Å². The lowest BCUT2D eigenvalue weighted by atomic mass is 9.85. The Morgan fingerprint density at radius 2 is 1.71 bits per heavy atom. The van der Waals surface area contributed by atoms with E-state index in [0.717, 1.165) is 33.6 Å². The van der Waals surface area contributed by atoms with Gasteiger partial charge in [-0.1, -0.05) is 92.0 Å². The van der Waals surface area contributed by atoms with Crippen molar-refractivity contribution in [1.29, 1.82) is 0 Å². The van der Waals surface area contributed by atoms with Crippen LogP contribution >= 0.6 is 0 Å². The third kappa shape index (κ3) is 7.06. The number of nitrogens with one attached hydrogen (secondary N) is 2. The molecule has 1 aliphatic rings. The van der Waals surface area contributed by atoms with Gasteiger partial charge in [0.05, 0.1) is 16.8 Å². The smallest absolute Gasteiger partial charge is 0.0959 e. The highest BCUT2D eigenvalue weighted by atomic mass is 15.3. The number of hydrogen-bond acceptors (Lipinski definition) is 4. The number of anilines is 1. The van der Waals surface area contributed by atoms with Gasteiger partial charge >= 0.3 is 0 Å². The molecule has 2 N–H and O–H groups in total. The lowest BCUT2D eigenvalue weighted by Gasteiger charge is -2.22. The summed E-state index contributed by atoms with van der Waals surface area (Å²) in [5, 5.41) is 9.81. The van der Waals surface area contributed by atoms with Crippen molar-refractivity contribution in [2.45, 2.75) is 79.1 Å². The van der Waals surface area contributed by atoms with Crippen LogP contribution in [0, 0.1) is 5.92 Å². The Kier molecular flexibility index (Phi) is 10.6. The number of nitrogens with zero attached hydrogens (tertiary/aromatic N) is 2. The van der Waals surface area contributed by atoms with Gasteiger partial charge in [0.2, 0.25) is 0 Å². The minimum Gasteiger partial charge on any atom is -0.354 e. The zero-order chi connectivity index (χ0) is 25.1. The Bertz CT molecular complexity index is 1070. The van der Waals surface area contributed by atoms with Crippen LogP contribution in [-0.4, -0.2) is 13.3 Å². The van der Waals surface area contributed by atoms with E-state index in [2.05, 4.69) is 97.6 Å². The molecule has 0 fully saturated rings. The maximum absolute atomic E-state index is 4.67. The van der Waals surface area contributed by atoms with E-state index in [0.29, 0.717) is 0 Å². The van der Waals surface area contributed by atoms with Crippen molar-refractivity contribution in [1.82, 2.24) is 5.43 Å². The van der Waals surface area contributed by atoms with Crippen molar-refractivity contribution in [3.05, 3.63) is 76.4 Å². The number of rotatable bonds is 12. The highest BCUT2D eigenvalue weighted by Crippen LogP contribution is 2.23. The monoisotopic (exact) mass is 460 g/mol. The van der Waals surface area contributed by atoms with Gasteiger partial charge in [0.1, 0.15) is 0 Å². The van der Waals surface area contributed by atoms with Crippen molar-refractivity contribution in [2.24, 2.45) is 16.0 Å². The van der Waals surface area contributed by atoms with Crippen LogP contribution in [-0.2, 0) is 11.8 Å². The molecule has 0 amide bonds. The first-order chi connectivity index (χ1) is 16.4. The Labute approximate surface area is 207 Å². The molecular weight excluding hydrogens is 416 g/mol. The number of hydrazone groups is 1. The van der Waals surface area contributed by atoms with Gasteiger partial charge in [0.25, 0.3) is 0 Å². The first kappa shape index (κ1) is 27.4. The largest absolute Gasteiger partial charge is 0.354 e. The van der Waals surface area contributed by atoms with E-state index < -0.39 is 0 Å². The third-order valence-corrected chi connectivity index (χ3v) is 6.20. The fraction of sp³-hybridized carbons (Fsp3) is 0.467. The number of hydrogen-bond donors (Lipinski definition) is 2. The van der Waals surface area contributed by atoms with Crippen LogP contribution in [0.5, 0.6) is 0 Å². The molecule has 1 aliphatic heterocycles. The van der Waals surface area contributed by atoms with E-state index in [-0.39, 0.29) is 5.41 Å². The average Bonchev–Trinajstić information content (AvgIpc) is 2.81. The summed E-state index contributed by atoms with van der Waals surface area (Å²) < 4.78 is 0. The molecule has 0 spiro atoms. The van der Waals surface area contributed by atoms with E-state index in [1.807, 2.05) is 27.1 Å². The summed E-state index contributed by atoms with van der Waals surface area (Å²) >= 11 is 0. The van der Waals surface area contributed by atoms with E-state index >= 15 is 0 Å². The molecule has 3 rings (SSSR count). The van der Waals surface area contributed by atoms with Crippen LogP contribution in [0.1, 0.15) is 78.4 Å². The SMILES string of the molecule is C=C(Nc1ccc(CC(CCC)CCC)cc1)C1=c2cc(C(C)(C)/C=N\NC)ccc2=N1.CC. The fourth-order valence-corrected chi connectivity index (χ4v) is 4.34. The molecule has 0 saturated heterocycles. The molecule has 0 unspecified atom stereocenters. The zero-order valence-electron chi connectivity index (χ0n) is 22.3. The minimum absolute atomic E-state index is 0.170. The predicted molar refractivity (Wildman–Crippen MR) is 149 cm³/mol. The minimum atomic E-state index is -0.170. The van der Waals surface area contributed by atoms with Crippen molar-refractivity contribution < 1.29 is 0 Å². The molecule has 1 heterocycles. The van der Waals surface area contributed by atoms with Crippen LogP contribution in [0.4, 0.5) is 5.69 Å². The summed E-state index contributed by atoms with van der Waals surface area (Å²) in [6.07, 6.45) is 8.24. The van der Waals surface area contributed by atoms with Crippen molar-refractivity contribution in [3.63, 3.8) is 0 Å². The van der Waals surface area contributed by atoms with Crippen LogP contribution in [0.15, 0.2) is 64.8 Å². The summed E-state index contributed by atoms with van der Waals surface area (Å²) in [7, 11) is 1.81. The Balaban J connectivity index is 0.00000199. The summed E-state index contributed by atoms with van der Waals surface area (Å²) in [6, 6.07) is 15.2. The Morgan fingerprint density at radius 3 is 2.29 bits per heavy atom. The molecular formula is C30H44N4. The molecule has 4 nitrogen and oxygen atoms in total. The molecule has 4 heteroatoms. The molecule has 34 heavy (non-hydrogen) atoms. The second kappa shape index (κ2) is 13.1. The first-order valence-electron chi connectivity index (χ1n) is 12.9. The molecule has 184 valence electrons. The summed E-state index contributed by atoms with van der Waals surface area (Å²) in [6.45, 7) is 17.1. The molecule has 2 aromatic carbocycles. The topological polar surface area (TPSA) is 48.8 Å². The van der Waals surface area contributed by atoms with E-state index in [4.69, 9.17) is 0 Å². The second-order valence-electron chi connectivity index (χ2n) is 9.34. The Hall–Kier alpha value is -2.88. The van der Waals surface area contributed by atoms with Gasteiger partial charge in [-0.05, 0) is 47.7 Å². The van der Waals surface area contributed by atoms with Gasteiger partial charge in [-0.2, -0.15) is 5.10 Å². The number of benzene rings is 2. The van der Waals surface area contributed by atoms with Crippen LogP contribution in [0.25, 0.3) is 5.70 Å². The van der Waals surface area contributed by atoms with Gasteiger partial charge < -0.3 is 10.7 Å². The highest BCUT2D eigenvalue weighted by molar-refractivity contribution is 5.74. The first-order valence-corrected chi connectivity index (χ1v) is 12.9. The van der Waals surface area contributed by atoms with Gasteiger partial charge in [0.15, 0.2) is 0 Å². The third-order valence-electron chi connectivity index (χ3n) is 6.20. The predicted octanol–water partition coefficient (Wildman–Crippen LogP) is 6.32.